The van der Waals surface area contributed by atoms with Crippen LogP contribution < -0.4 is 10.6 Å². The lowest BCUT2D eigenvalue weighted by Gasteiger charge is -2.33. The van der Waals surface area contributed by atoms with Crippen molar-refractivity contribution in [2.75, 3.05) is 63.6 Å². The van der Waals surface area contributed by atoms with Gasteiger partial charge in [-0.25, -0.2) is 19.9 Å². The van der Waals surface area contributed by atoms with Crippen LogP contribution in [0.2, 0.25) is 0 Å². The molecule has 10 nitrogen and oxygen atoms in total. The van der Waals surface area contributed by atoms with Gasteiger partial charge in [-0.1, -0.05) is 22.0 Å². The molecule has 2 aromatic heterocycles. The first-order valence-electron chi connectivity index (χ1n) is 10.4. The monoisotopic (exact) mass is 500 g/mol. The summed E-state index contributed by atoms with van der Waals surface area (Å²) in [5.74, 6) is 0.973. The molecule has 3 aromatic rings. The first kappa shape index (κ1) is 22.3. The van der Waals surface area contributed by atoms with E-state index in [1.807, 2.05) is 24.3 Å². The number of ether oxygens (including phenoxy) is 1. The van der Waals surface area contributed by atoms with Crippen molar-refractivity contribution in [3.05, 3.63) is 41.3 Å². The van der Waals surface area contributed by atoms with Crippen LogP contribution >= 0.6 is 15.9 Å². The fourth-order valence-corrected chi connectivity index (χ4v) is 3.88. The van der Waals surface area contributed by atoms with Crippen molar-refractivity contribution >= 4 is 50.4 Å². The third kappa shape index (κ3) is 5.87. The summed E-state index contributed by atoms with van der Waals surface area (Å²) in [7, 11) is 1.42. The molecule has 3 heterocycles. The summed E-state index contributed by atoms with van der Waals surface area (Å²) >= 11 is 3.48. The lowest BCUT2D eigenvalue weighted by molar-refractivity contribution is -0.142. The predicted octanol–water partition coefficient (Wildman–Crippen LogP) is 2.13. The Morgan fingerprint density at radius 3 is 2.75 bits per heavy atom. The highest BCUT2D eigenvalue weighted by molar-refractivity contribution is 9.10. The minimum Gasteiger partial charge on any atom is -0.468 e. The van der Waals surface area contributed by atoms with E-state index in [2.05, 4.69) is 56.3 Å². The van der Waals surface area contributed by atoms with Crippen LogP contribution in [-0.2, 0) is 9.53 Å². The van der Waals surface area contributed by atoms with Crippen LogP contribution in [0.4, 0.5) is 17.5 Å². The highest BCUT2D eigenvalue weighted by Crippen LogP contribution is 2.23. The summed E-state index contributed by atoms with van der Waals surface area (Å²) in [4.78, 5) is 33.5. The molecule has 1 saturated heterocycles. The summed E-state index contributed by atoms with van der Waals surface area (Å²) < 4.78 is 5.71. The van der Waals surface area contributed by atoms with Crippen LogP contribution in [0.25, 0.3) is 11.0 Å². The standard InChI is InChI=1S/C21H25BrN8O2/c1-32-18(31)13-30-9-7-29(8-10-30)6-5-23-21-24-12-17-19(28-21)20(26-14-25-17)27-16-4-2-3-15(22)11-16/h2-4,11-12,14H,5-10,13H2,1H3,(H,23,24,28)(H,25,26,27). The summed E-state index contributed by atoms with van der Waals surface area (Å²) in [6.07, 6.45) is 3.20. The van der Waals surface area contributed by atoms with Crippen molar-refractivity contribution in [1.82, 2.24) is 29.7 Å². The minimum atomic E-state index is -0.189. The van der Waals surface area contributed by atoms with Crippen LogP contribution in [0, 0.1) is 0 Å². The largest absolute Gasteiger partial charge is 0.468 e. The summed E-state index contributed by atoms with van der Waals surface area (Å²) in [6.45, 7) is 5.45. The number of fused-ring (bicyclic) bond motifs is 1. The SMILES string of the molecule is COC(=O)CN1CCN(CCNc2ncc3ncnc(Nc4cccc(Br)c4)c3n2)CC1. The van der Waals surface area contributed by atoms with Gasteiger partial charge in [0, 0.05) is 49.4 Å². The number of hydrogen-bond acceptors (Lipinski definition) is 10. The van der Waals surface area contributed by atoms with Gasteiger partial charge < -0.3 is 15.4 Å². The van der Waals surface area contributed by atoms with Crippen molar-refractivity contribution in [1.29, 1.82) is 0 Å². The Hall–Kier alpha value is -2.89. The number of esters is 1. The molecule has 0 amide bonds. The van der Waals surface area contributed by atoms with Crippen LogP contribution in [0.3, 0.4) is 0 Å². The number of rotatable bonds is 8. The Labute approximate surface area is 194 Å². The number of aromatic nitrogens is 4. The van der Waals surface area contributed by atoms with Gasteiger partial charge in [-0.3, -0.25) is 14.6 Å². The highest BCUT2D eigenvalue weighted by Gasteiger charge is 2.19. The Balaban J connectivity index is 1.33. The topological polar surface area (TPSA) is 108 Å². The van der Waals surface area contributed by atoms with Crippen LogP contribution in [-0.4, -0.2) is 88.6 Å². The molecule has 32 heavy (non-hydrogen) atoms. The Morgan fingerprint density at radius 2 is 1.97 bits per heavy atom. The lowest BCUT2D eigenvalue weighted by atomic mass is 10.3. The quantitative estimate of drug-likeness (QED) is 0.446. The zero-order valence-electron chi connectivity index (χ0n) is 17.8. The second-order valence-electron chi connectivity index (χ2n) is 7.41. The van der Waals surface area contributed by atoms with E-state index < -0.39 is 0 Å². The zero-order valence-corrected chi connectivity index (χ0v) is 19.4. The van der Waals surface area contributed by atoms with Crippen molar-refractivity contribution in [2.45, 2.75) is 0 Å². The molecule has 4 rings (SSSR count). The van der Waals surface area contributed by atoms with Gasteiger partial charge in [0.15, 0.2) is 5.82 Å². The molecule has 1 fully saturated rings. The van der Waals surface area contributed by atoms with E-state index in [0.29, 0.717) is 35.9 Å². The van der Waals surface area contributed by atoms with Gasteiger partial charge in [-0.15, -0.1) is 0 Å². The number of carbonyl (C=O) groups is 1. The molecule has 2 N–H and O–H groups in total. The molecule has 0 bridgehead atoms. The molecular weight excluding hydrogens is 476 g/mol. The average Bonchev–Trinajstić information content (AvgIpc) is 2.80. The maximum atomic E-state index is 11.4. The Morgan fingerprint density at radius 1 is 1.16 bits per heavy atom. The molecule has 1 aliphatic rings. The van der Waals surface area contributed by atoms with E-state index in [9.17, 15) is 4.79 Å². The van der Waals surface area contributed by atoms with E-state index in [0.717, 1.165) is 42.9 Å². The van der Waals surface area contributed by atoms with E-state index in [1.165, 1.54) is 13.4 Å². The fraction of sp³-hybridized carbons (Fsp3) is 0.381. The minimum absolute atomic E-state index is 0.189. The molecule has 0 unspecified atom stereocenters. The van der Waals surface area contributed by atoms with Gasteiger partial charge >= 0.3 is 5.97 Å². The number of methoxy groups -OCH3 is 1. The zero-order chi connectivity index (χ0) is 22.3. The molecule has 0 spiro atoms. The first-order chi connectivity index (χ1) is 15.6. The summed E-state index contributed by atoms with van der Waals surface area (Å²) in [5.41, 5.74) is 2.23. The Bertz CT molecular complexity index is 1070. The smallest absolute Gasteiger partial charge is 0.319 e. The molecular formula is C21H25BrN8O2. The number of nitrogens with zero attached hydrogens (tertiary/aromatic N) is 6. The molecule has 0 saturated carbocycles. The second kappa shape index (κ2) is 10.6. The van der Waals surface area contributed by atoms with Crippen molar-refractivity contribution < 1.29 is 9.53 Å². The molecule has 1 aliphatic heterocycles. The molecule has 0 aliphatic carbocycles. The number of anilines is 3. The number of carbonyl (C=O) groups excluding carboxylic acids is 1. The van der Waals surface area contributed by atoms with Gasteiger partial charge in [0.1, 0.15) is 17.4 Å². The maximum absolute atomic E-state index is 11.4. The number of halogens is 1. The molecule has 168 valence electrons. The molecule has 0 atom stereocenters. The number of nitrogens with one attached hydrogen (secondary N) is 2. The van der Waals surface area contributed by atoms with E-state index in [4.69, 9.17) is 4.74 Å². The maximum Gasteiger partial charge on any atom is 0.319 e. The van der Waals surface area contributed by atoms with E-state index >= 15 is 0 Å². The molecule has 11 heteroatoms. The summed E-state index contributed by atoms with van der Waals surface area (Å²) in [6, 6.07) is 7.85. The van der Waals surface area contributed by atoms with E-state index in [1.54, 1.807) is 6.20 Å². The fourth-order valence-electron chi connectivity index (χ4n) is 3.48. The van der Waals surface area contributed by atoms with Gasteiger partial charge in [0.2, 0.25) is 5.95 Å². The van der Waals surface area contributed by atoms with Gasteiger partial charge in [-0.05, 0) is 18.2 Å². The number of hydrogen-bond donors (Lipinski definition) is 2. The van der Waals surface area contributed by atoms with Gasteiger partial charge in [-0.2, -0.15) is 0 Å². The van der Waals surface area contributed by atoms with Crippen molar-refractivity contribution in [3.8, 4) is 0 Å². The van der Waals surface area contributed by atoms with Gasteiger partial charge in [0.05, 0.1) is 19.9 Å². The van der Waals surface area contributed by atoms with Crippen molar-refractivity contribution in [3.63, 3.8) is 0 Å². The van der Waals surface area contributed by atoms with Gasteiger partial charge in [0.25, 0.3) is 0 Å². The number of piperazine rings is 1. The van der Waals surface area contributed by atoms with E-state index in [-0.39, 0.29) is 5.97 Å². The predicted molar refractivity (Wildman–Crippen MR) is 126 cm³/mol. The van der Waals surface area contributed by atoms with Crippen LogP contribution in [0.1, 0.15) is 0 Å². The Kier molecular flexibility index (Phi) is 7.40. The third-order valence-electron chi connectivity index (χ3n) is 5.22. The number of benzene rings is 1. The third-order valence-corrected chi connectivity index (χ3v) is 5.71. The average molecular weight is 501 g/mol. The molecule has 1 aromatic carbocycles. The summed E-state index contributed by atoms with van der Waals surface area (Å²) in [5, 5.41) is 6.59. The molecule has 0 radical (unpaired) electrons. The van der Waals surface area contributed by atoms with Crippen LogP contribution in [0.15, 0.2) is 41.3 Å². The normalized spacial score (nSPS) is 14.9. The second-order valence-corrected chi connectivity index (χ2v) is 8.32. The van der Waals surface area contributed by atoms with Crippen molar-refractivity contribution in [2.24, 2.45) is 0 Å². The highest BCUT2D eigenvalue weighted by atomic mass is 79.9. The lowest BCUT2D eigenvalue weighted by Crippen LogP contribution is -2.49. The first-order valence-corrected chi connectivity index (χ1v) is 11.2. The van der Waals surface area contributed by atoms with Crippen LogP contribution in [0.5, 0.6) is 0 Å².